The third kappa shape index (κ3) is 4.47. The molecule has 0 aromatic carbocycles. The Labute approximate surface area is 111 Å². The van der Waals surface area contributed by atoms with Gasteiger partial charge in [-0.1, -0.05) is 20.3 Å². The van der Waals surface area contributed by atoms with Gasteiger partial charge in [-0.3, -0.25) is 4.79 Å². The third-order valence-corrected chi connectivity index (χ3v) is 4.01. The minimum absolute atomic E-state index is 0. The first-order valence-corrected chi connectivity index (χ1v) is 6.58. The highest BCUT2D eigenvalue weighted by molar-refractivity contribution is 5.85. The Kier molecular flexibility index (Phi) is 5.26. The van der Waals surface area contributed by atoms with Crippen LogP contribution in [0.4, 0.5) is 0 Å². The van der Waals surface area contributed by atoms with Crippen LogP contribution in [0.1, 0.15) is 46.0 Å². The fourth-order valence-corrected chi connectivity index (χ4v) is 2.55. The van der Waals surface area contributed by atoms with Crippen LogP contribution in [0.15, 0.2) is 0 Å². The van der Waals surface area contributed by atoms with Crippen LogP contribution in [-0.4, -0.2) is 25.0 Å². The zero-order chi connectivity index (χ0) is 11.6. The summed E-state index contributed by atoms with van der Waals surface area (Å²) in [6.45, 7) is 6.01. The number of nitrogens with one attached hydrogen (secondary N) is 2. The van der Waals surface area contributed by atoms with Gasteiger partial charge in [0, 0.05) is 6.04 Å². The minimum atomic E-state index is 0. The molecule has 0 spiro atoms. The van der Waals surface area contributed by atoms with Crippen LogP contribution >= 0.6 is 12.4 Å². The molecule has 0 heterocycles. The summed E-state index contributed by atoms with van der Waals surface area (Å²) in [6.07, 6.45) is 6.29. The molecule has 2 aliphatic rings. The average molecular weight is 261 g/mol. The first kappa shape index (κ1) is 14.8. The topological polar surface area (TPSA) is 41.1 Å². The molecule has 3 nitrogen and oxygen atoms in total. The second-order valence-electron chi connectivity index (χ2n) is 6.08. The SMILES string of the molecule is CC1(C)CCCC1NC(=O)CNCC1CC1.Cl. The predicted octanol–water partition coefficient (Wildman–Crippen LogP) is 2.10. The van der Waals surface area contributed by atoms with Crippen molar-refractivity contribution in [2.75, 3.05) is 13.1 Å². The molecule has 0 aromatic rings. The molecule has 0 aromatic heterocycles. The highest BCUT2D eigenvalue weighted by atomic mass is 35.5. The van der Waals surface area contributed by atoms with E-state index in [4.69, 9.17) is 0 Å². The Balaban J connectivity index is 0.00000144. The standard InChI is InChI=1S/C13H24N2O.ClH/c1-13(2)7-3-4-11(13)15-12(16)9-14-8-10-5-6-10;/h10-11,14H,3-9H2,1-2H3,(H,15,16);1H. The molecule has 1 amide bonds. The van der Waals surface area contributed by atoms with Gasteiger partial charge in [0.2, 0.25) is 5.91 Å². The molecule has 0 bridgehead atoms. The molecule has 2 saturated carbocycles. The van der Waals surface area contributed by atoms with Crippen molar-refractivity contribution in [2.24, 2.45) is 11.3 Å². The number of hydrogen-bond donors (Lipinski definition) is 2. The summed E-state index contributed by atoms with van der Waals surface area (Å²) in [5, 5.41) is 6.40. The second kappa shape index (κ2) is 6.05. The minimum Gasteiger partial charge on any atom is -0.352 e. The van der Waals surface area contributed by atoms with Gasteiger partial charge < -0.3 is 10.6 Å². The second-order valence-corrected chi connectivity index (χ2v) is 6.08. The van der Waals surface area contributed by atoms with Gasteiger partial charge in [0.15, 0.2) is 0 Å². The van der Waals surface area contributed by atoms with Gasteiger partial charge in [-0.2, -0.15) is 0 Å². The smallest absolute Gasteiger partial charge is 0.234 e. The summed E-state index contributed by atoms with van der Waals surface area (Å²) >= 11 is 0. The van der Waals surface area contributed by atoms with Crippen molar-refractivity contribution in [1.82, 2.24) is 10.6 Å². The Morgan fingerprint density at radius 1 is 1.29 bits per heavy atom. The van der Waals surface area contributed by atoms with E-state index in [0.717, 1.165) is 18.9 Å². The van der Waals surface area contributed by atoms with Crippen molar-refractivity contribution in [3.8, 4) is 0 Å². The lowest BCUT2D eigenvalue weighted by Gasteiger charge is -2.27. The van der Waals surface area contributed by atoms with Crippen LogP contribution in [0.25, 0.3) is 0 Å². The molecule has 2 N–H and O–H groups in total. The van der Waals surface area contributed by atoms with E-state index >= 15 is 0 Å². The van der Waals surface area contributed by atoms with Crippen LogP contribution < -0.4 is 10.6 Å². The predicted molar refractivity (Wildman–Crippen MR) is 72.4 cm³/mol. The summed E-state index contributed by atoms with van der Waals surface area (Å²) in [5.41, 5.74) is 0.284. The molecular formula is C13H25ClN2O. The van der Waals surface area contributed by atoms with E-state index in [0.29, 0.717) is 12.6 Å². The number of carbonyl (C=O) groups is 1. The van der Waals surface area contributed by atoms with Gasteiger partial charge in [0.1, 0.15) is 0 Å². The molecule has 0 aliphatic heterocycles. The van der Waals surface area contributed by atoms with Crippen LogP contribution in [0.5, 0.6) is 0 Å². The Morgan fingerprint density at radius 2 is 2.00 bits per heavy atom. The Morgan fingerprint density at radius 3 is 2.53 bits per heavy atom. The first-order valence-electron chi connectivity index (χ1n) is 6.58. The van der Waals surface area contributed by atoms with Gasteiger partial charge in [0.05, 0.1) is 6.54 Å². The molecule has 2 rings (SSSR count). The Bertz CT molecular complexity index is 264. The van der Waals surface area contributed by atoms with Gasteiger partial charge in [-0.05, 0) is 43.6 Å². The van der Waals surface area contributed by atoms with Crippen molar-refractivity contribution in [2.45, 2.75) is 52.0 Å². The average Bonchev–Trinajstić information content (AvgIpc) is 2.94. The lowest BCUT2D eigenvalue weighted by molar-refractivity contribution is -0.121. The van der Waals surface area contributed by atoms with Crippen LogP contribution in [0, 0.1) is 11.3 Å². The molecular weight excluding hydrogens is 236 g/mol. The van der Waals surface area contributed by atoms with Crippen molar-refractivity contribution >= 4 is 18.3 Å². The maximum atomic E-state index is 11.7. The highest BCUT2D eigenvalue weighted by Crippen LogP contribution is 2.37. The molecule has 2 fully saturated rings. The van der Waals surface area contributed by atoms with E-state index < -0.39 is 0 Å². The van der Waals surface area contributed by atoms with E-state index in [1.807, 2.05) is 0 Å². The van der Waals surface area contributed by atoms with E-state index in [-0.39, 0.29) is 23.7 Å². The number of rotatable bonds is 5. The molecule has 1 atom stereocenters. The van der Waals surface area contributed by atoms with Gasteiger partial charge in [-0.25, -0.2) is 0 Å². The number of halogens is 1. The zero-order valence-electron chi connectivity index (χ0n) is 10.9. The lowest BCUT2D eigenvalue weighted by Crippen LogP contribution is -2.45. The fourth-order valence-electron chi connectivity index (χ4n) is 2.55. The van der Waals surface area contributed by atoms with Crippen molar-refractivity contribution in [3.63, 3.8) is 0 Å². The van der Waals surface area contributed by atoms with Crippen LogP contribution in [0.3, 0.4) is 0 Å². The first-order chi connectivity index (χ1) is 7.58. The summed E-state index contributed by atoms with van der Waals surface area (Å²) in [7, 11) is 0. The summed E-state index contributed by atoms with van der Waals surface area (Å²) in [4.78, 5) is 11.7. The van der Waals surface area contributed by atoms with Gasteiger partial charge in [-0.15, -0.1) is 12.4 Å². The molecule has 0 saturated heterocycles. The molecule has 17 heavy (non-hydrogen) atoms. The van der Waals surface area contributed by atoms with E-state index in [1.165, 1.54) is 25.7 Å². The van der Waals surface area contributed by atoms with Gasteiger partial charge >= 0.3 is 0 Å². The van der Waals surface area contributed by atoms with E-state index in [1.54, 1.807) is 0 Å². The highest BCUT2D eigenvalue weighted by Gasteiger charge is 2.35. The lowest BCUT2D eigenvalue weighted by atomic mass is 9.87. The molecule has 2 aliphatic carbocycles. The van der Waals surface area contributed by atoms with Crippen LogP contribution in [-0.2, 0) is 4.79 Å². The van der Waals surface area contributed by atoms with Crippen LogP contribution in [0.2, 0.25) is 0 Å². The summed E-state index contributed by atoms with van der Waals surface area (Å²) in [6, 6.07) is 0.378. The summed E-state index contributed by atoms with van der Waals surface area (Å²) < 4.78 is 0. The molecule has 4 heteroatoms. The third-order valence-electron chi connectivity index (χ3n) is 4.01. The number of carbonyl (C=O) groups excluding carboxylic acids is 1. The Hall–Kier alpha value is -0.280. The quantitative estimate of drug-likeness (QED) is 0.795. The number of amides is 1. The maximum absolute atomic E-state index is 11.7. The van der Waals surface area contributed by atoms with Gasteiger partial charge in [0.25, 0.3) is 0 Å². The molecule has 0 radical (unpaired) electrons. The molecule has 100 valence electrons. The van der Waals surface area contributed by atoms with Crippen molar-refractivity contribution < 1.29 is 4.79 Å². The largest absolute Gasteiger partial charge is 0.352 e. The van der Waals surface area contributed by atoms with E-state index in [9.17, 15) is 4.79 Å². The van der Waals surface area contributed by atoms with Crippen molar-refractivity contribution in [3.05, 3.63) is 0 Å². The fraction of sp³-hybridized carbons (Fsp3) is 0.923. The normalized spacial score (nSPS) is 26.4. The van der Waals surface area contributed by atoms with E-state index in [2.05, 4.69) is 24.5 Å². The number of hydrogen-bond acceptors (Lipinski definition) is 2. The monoisotopic (exact) mass is 260 g/mol. The summed E-state index contributed by atoms with van der Waals surface area (Å²) in [5.74, 6) is 1.01. The van der Waals surface area contributed by atoms with Crippen molar-refractivity contribution in [1.29, 1.82) is 0 Å². The molecule has 1 unspecified atom stereocenters. The zero-order valence-corrected chi connectivity index (χ0v) is 11.7. The maximum Gasteiger partial charge on any atom is 0.234 e.